The maximum atomic E-state index is 8.49. The van der Waals surface area contributed by atoms with E-state index in [9.17, 15) is 0 Å². The zero-order valence-electron chi connectivity index (χ0n) is 14.7. The van der Waals surface area contributed by atoms with E-state index in [2.05, 4.69) is 66.3 Å². The van der Waals surface area contributed by atoms with E-state index >= 15 is 0 Å². The van der Waals surface area contributed by atoms with E-state index in [1.54, 1.807) is 0 Å². The summed E-state index contributed by atoms with van der Waals surface area (Å²) in [5.41, 5.74) is 4.66. The Balaban J connectivity index is 0.000000550. The summed E-state index contributed by atoms with van der Waals surface area (Å²) in [6.45, 7) is 4.22. The maximum absolute atomic E-state index is 8.49. The molecule has 8 heteroatoms. The van der Waals surface area contributed by atoms with Crippen molar-refractivity contribution in [2.24, 2.45) is 5.10 Å². The van der Waals surface area contributed by atoms with Crippen LogP contribution < -0.4 is 28.2 Å². The van der Waals surface area contributed by atoms with Crippen LogP contribution in [0.4, 0.5) is 5.69 Å². The predicted molar refractivity (Wildman–Crippen MR) is 84.5 cm³/mol. The molecule has 0 amide bonds. The van der Waals surface area contributed by atoms with Gasteiger partial charge in [-0.25, -0.2) is 18.6 Å². The molecule has 0 aliphatic heterocycles. The van der Waals surface area contributed by atoms with E-state index in [4.69, 9.17) is 18.6 Å². The fourth-order valence-corrected chi connectivity index (χ4v) is 2.08. The third-order valence-electron chi connectivity index (χ3n) is 3.33. The second kappa shape index (κ2) is 9.45. The van der Waals surface area contributed by atoms with Gasteiger partial charge in [0.1, 0.15) is 6.21 Å². The molecule has 2 rings (SSSR count). The van der Waals surface area contributed by atoms with Crippen molar-refractivity contribution in [1.82, 2.24) is 0 Å². The van der Waals surface area contributed by atoms with Gasteiger partial charge in [0, 0.05) is 45.3 Å². The minimum Gasteiger partial charge on any atom is -0.378 e. The quantitative estimate of drug-likeness (QED) is 0.460. The highest BCUT2D eigenvalue weighted by atomic mass is 35.7. The molecule has 0 aliphatic carbocycles. The zero-order chi connectivity index (χ0) is 19.0. The van der Waals surface area contributed by atoms with Gasteiger partial charge in [0.15, 0.2) is 0 Å². The standard InChI is InChI=1S/C17H22N3.ClHO4/c1-5-16-8-6-7-14(2)20(16)18-13-15-9-11-17(12-10-15)19(3)4;2-1(3,4)5/h6-13H,5H2,1-4H3;(H,2,3,4,5)/q+1;/p-1/b18-13+;. The lowest BCUT2D eigenvalue weighted by molar-refractivity contribution is -2.00. The van der Waals surface area contributed by atoms with Crippen molar-refractivity contribution in [1.29, 1.82) is 0 Å². The van der Waals surface area contributed by atoms with Crippen LogP contribution >= 0.6 is 0 Å². The third kappa shape index (κ3) is 8.06. The lowest BCUT2D eigenvalue weighted by Crippen LogP contribution is -2.68. The Hall–Kier alpha value is -2.03. The van der Waals surface area contributed by atoms with Crippen LogP contribution in [0.1, 0.15) is 23.9 Å². The van der Waals surface area contributed by atoms with Crippen molar-refractivity contribution < 1.29 is 33.6 Å². The summed E-state index contributed by atoms with van der Waals surface area (Å²) in [5, 5.41) is 4.60. The molecular formula is C17H22ClN3O4. The smallest absolute Gasteiger partial charge is 0.214 e. The van der Waals surface area contributed by atoms with Crippen LogP contribution in [-0.2, 0) is 6.42 Å². The molecule has 0 fully saturated rings. The Morgan fingerprint density at radius 3 is 2.08 bits per heavy atom. The summed E-state index contributed by atoms with van der Waals surface area (Å²) in [4.78, 5) is 2.09. The predicted octanol–water partition coefficient (Wildman–Crippen LogP) is -1.96. The van der Waals surface area contributed by atoms with Gasteiger partial charge in [0.25, 0.3) is 0 Å². The van der Waals surface area contributed by atoms with Crippen molar-refractivity contribution in [2.45, 2.75) is 20.3 Å². The molecule has 0 spiro atoms. The van der Waals surface area contributed by atoms with Gasteiger partial charge in [0.05, 0.1) is 0 Å². The molecule has 25 heavy (non-hydrogen) atoms. The van der Waals surface area contributed by atoms with E-state index in [1.807, 2.05) is 25.0 Å². The Kier molecular flexibility index (Phi) is 7.95. The molecule has 0 saturated carbocycles. The van der Waals surface area contributed by atoms with Crippen molar-refractivity contribution in [3.63, 3.8) is 0 Å². The number of aryl methyl sites for hydroxylation is 2. The fraction of sp³-hybridized carbons (Fsp3) is 0.294. The second-order valence-electron chi connectivity index (χ2n) is 5.43. The van der Waals surface area contributed by atoms with Crippen LogP contribution in [0.5, 0.6) is 0 Å². The molecule has 0 unspecified atom stereocenters. The molecule has 1 heterocycles. The molecule has 0 N–H and O–H groups in total. The minimum atomic E-state index is -4.94. The largest absolute Gasteiger partial charge is 0.378 e. The number of anilines is 1. The zero-order valence-corrected chi connectivity index (χ0v) is 15.4. The van der Waals surface area contributed by atoms with E-state index in [0.717, 1.165) is 17.7 Å². The summed E-state index contributed by atoms with van der Waals surface area (Å²) >= 11 is 0. The number of nitrogens with zero attached hydrogens (tertiary/aromatic N) is 3. The summed E-state index contributed by atoms with van der Waals surface area (Å²) in [7, 11) is -0.862. The first-order valence-electron chi connectivity index (χ1n) is 7.56. The molecule has 2 aromatic rings. The molecule has 0 atom stereocenters. The average molecular weight is 368 g/mol. The maximum Gasteiger partial charge on any atom is 0.214 e. The minimum absolute atomic E-state index is 0.971. The first kappa shape index (κ1) is 21.0. The van der Waals surface area contributed by atoms with Crippen LogP contribution in [0.3, 0.4) is 0 Å². The molecule has 0 radical (unpaired) electrons. The summed E-state index contributed by atoms with van der Waals surface area (Å²) in [5.74, 6) is 0. The van der Waals surface area contributed by atoms with Gasteiger partial charge in [-0.3, -0.25) is 0 Å². The van der Waals surface area contributed by atoms with Gasteiger partial charge in [-0.1, -0.05) is 23.7 Å². The monoisotopic (exact) mass is 367 g/mol. The second-order valence-corrected chi connectivity index (χ2v) is 6.19. The first-order chi connectivity index (χ1) is 11.6. The van der Waals surface area contributed by atoms with Crippen molar-refractivity contribution in [2.75, 3.05) is 19.0 Å². The average Bonchev–Trinajstić information content (AvgIpc) is 2.52. The number of pyridine rings is 1. The van der Waals surface area contributed by atoms with Crippen molar-refractivity contribution >= 4 is 11.9 Å². The first-order valence-corrected chi connectivity index (χ1v) is 8.79. The number of aromatic nitrogens is 1. The Labute approximate surface area is 149 Å². The number of hydrogen-bond acceptors (Lipinski definition) is 6. The van der Waals surface area contributed by atoms with Crippen LogP contribution in [-0.4, -0.2) is 20.3 Å². The van der Waals surface area contributed by atoms with Gasteiger partial charge >= 0.3 is 0 Å². The summed E-state index contributed by atoms with van der Waals surface area (Å²) < 4.78 is 36.0. The van der Waals surface area contributed by atoms with Crippen LogP contribution in [0.25, 0.3) is 0 Å². The molecule has 1 aromatic heterocycles. The van der Waals surface area contributed by atoms with Crippen molar-refractivity contribution in [3.8, 4) is 0 Å². The van der Waals surface area contributed by atoms with E-state index in [0.29, 0.717) is 0 Å². The van der Waals surface area contributed by atoms with Gasteiger partial charge in [-0.05, 0) is 28.9 Å². The topological polar surface area (TPSA) is 112 Å². The lowest BCUT2D eigenvalue weighted by Gasteiger charge is -2.17. The summed E-state index contributed by atoms with van der Waals surface area (Å²) in [6, 6.07) is 14.6. The van der Waals surface area contributed by atoms with Gasteiger partial charge in [-0.2, -0.15) is 0 Å². The lowest BCUT2D eigenvalue weighted by atomic mass is 10.2. The molecule has 0 bridgehead atoms. The number of benzene rings is 1. The highest BCUT2D eigenvalue weighted by Gasteiger charge is 2.10. The third-order valence-corrected chi connectivity index (χ3v) is 3.33. The molecule has 7 nitrogen and oxygen atoms in total. The number of rotatable bonds is 4. The molecular weight excluding hydrogens is 346 g/mol. The molecule has 0 aliphatic rings. The number of hydrogen-bond donors (Lipinski definition) is 0. The molecule has 0 saturated heterocycles. The Bertz CT molecular complexity index is 692. The Morgan fingerprint density at radius 2 is 1.60 bits per heavy atom. The highest BCUT2D eigenvalue weighted by Crippen LogP contribution is 2.10. The van der Waals surface area contributed by atoms with Gasteiger partial charge < -0.3 is 4.90 Å². The van der Waals surface area contributed by atoms with E-state index in [1.165, 1.54) is 11.4 Å². The normalized spacial score (nSPS) is 11.2. The van der Waals surface area contributed by atoms with E-state index in [-0.39, 0.29) is 0 Å². The molecule has 1 aromatic carbocycles. The van der Waals surface area contributed by atoms with Gasteiger partial charge in [0.2, 0.25) is 11.4 Å². The van der Waals surface area contributed by atoms with Crippen LogP contribution in [0.2, 0.25) is 0 Å². The molecule has 136 valence electrons. The Morgan fingerprint density at radius 1 is 1.04 bits per heavy atom. The van der Waals surface area contributed by atoms with Crippen LogP contribution in [0, 0.1) is 17.2 Å². The fourth-order valence-electron chi connectivity index (χ4n) is 2.08. The number of halogens is 1. The summed E-state index contributed by atoms with van der Waals surface area (Å²) in [6.07, 6.45) is 2.88. The van der Waals surface area contributed by atoms with E-state index < -0.39 is 10.2 Å². The van der Waals surface area contributed by atoms with Crippen molar-refractivity contribution in [3.05, 3.63) is 59.4 Å². The highest BCUT2D eigenvalue weighted by molar-refractivity contribution is 5.79. The SMILES string of the molecule is CCc1cccc(C)[n+]1/N=C/c1ccc(N(C)C)cc1.[O-][Cl+3]([O-])([O-])[O-]. The van der Waals surface area contributed by atoms with Gasteiger partial charge in [-0.15, -0.1) is 10.2 Å². The van der Waals surface area contributed by atoms with Crippen LogP contribution in [0.15, 0.2) is 47.6 Å².